The summed E-state index contributed by atoms with van der Waals surface area (Å²) in [5.41, 5.74) is 1.45. The fourth-order valence-corrected chi connectivity index (χ4v) is 1.17. The van der Waals surface area contributed by atoms with E-state index in [9.17, 15) is 0 Å². The van der Waals surface area contributed by atoms with Crippen molar-refractivity contribution in [3.8, 4) is 0 Å². The van der Waals surface area contributed by atoms with Crippen molar-refractivity contribution >= 4 is 0 Å². The van der Waals surface area contributed by atoms with E-state index in [2.05, 4.69) is 27.4 Å². The van der Waals surface area contributed by atoms with E-state index in [1.165, 1.54) is 37.7 Å². The number of rotatable bonds is 6. The molecule has 0 aromatic rings. The summed E-state index contributed by atoms with van der Waals surface area (Å²) in [5.74, 6) is 0.833. The molecule has 11 heavy (non-hydrogen) atoms. The molecule has 0 unspecified atom stereocenters. The number of hydrogen-bond acceptors (Lipinski definition) is 0. The first-order valence-corrected chi connectivity index (χ1v) is 4.87. The van der Waals surface area contributed by atoms with Crippen LogP contribution in [0.3, 0.4) is 0 Å². The molecule has 0 nitrogen and oxygen atoms in total. The van der Waals surface area contributed by atoms with Crippen LogP contribution in [0.4, 0.5) is 0 Å². The molecule has 0 saturated heterocycles. The predicted molar refractivity (Wildman–Crippen MR) is 52.7 cm³/mol. The third kappa shape index (κ3) is 6.15. The molecule has 0 aliphatic heterocycles. The third-order valence-electron chi connectivity index (χ3n) is 2.22. The van der Waals surface area contributed by atoms with Crippen LogP contribution in [0.15, 0.2) is 12.2 Å². The van der Waals surface area contributed by atoms with Gasteiger partial charge in [0.1, 0.15) is 0 Å². The standard InChI is InChI=1S/C11H22/c1-5-7-8-11(4)9-10(3)6-2/h10H,4-9H2,1-3H3/t10-/m0/s1. The van der Waals surface area contributed by atoms with E-state index in [1.54, 1.807) is 0 Å². The molecule has 1 atom stereocenters. The Labute approximate surface area is 71.7 Å². The summed E-state index contributed by atoms with van der Waals surface area (Å²) in [7, 11) is 0. The van der Waals surface area contributed by atoms with Crippen LogP contribution in [0.5, 0.6) is 0 Å². The summed E-state index contributed by atoms with van der Waals surface area (Å²) >= 11 is 0. The second-order valence-corrected chi connectivity index (χ2v) is 3.57. The van der Waals surface area contributed by atoms with E-state index in [-0.39, 0.29) is 0 Å². The molecule has 0 bridgehead atoms. The highest BCUT2D eigenvalue weighted by atomic mass is 14.1. The van der Waals surface area contributed by atoms with Gasteiger partial charge in [0.25, 0.3) is 0 Å². The largest absolute Gasteiger partial charge is 0.0999 e. The predicted octanol–water partition coefficient (Wildman–Crippen LogP) is 4.17. The molecule has 0 aromatic heterocycles. The maximum Gasteiger partial charge on any atom is -0.0297 e. The second kappa shape index (κ2) is 6.45. The Bertz CT molecular complexity index is 103. The molecule has 0 N–H and O–H groups in total. The molecule has 0 rings (SSSR count). The lowest BCUT2D eigenvalue weighted by Gasteiger charge is -2.09. The van der Waals surface area contributed by atoms with Crippen LogP contribution >= 0.6 is 0 Å². The molecule has 0 aliphatic carbocycles. The highest BCUT2D eigenvalue weighted by molar-refractivity contribution is 4.94. The second-order valence-electron chi connectivity index (χ2n) is 3.57. The summed E-state index contributed by atoms with van der Waals surface area (Å²) in [5, 5.41) is 0. The fourth-order valence-electron chi connectivity index (χ4n) is 1.17. The molecule has 66 valence electrons. The van der Waals surface area contributed by atoms with E-state index in [1.807, 2.05) is 0 Å². The SMILES string of the molecule is C=C(CCCC)C[C@@H](C)CC. The molecule has 0 spiro atoms. The van der Waals surface area contributed by atoms with Gasteiger partial charge in [-0.1, -0.05) is 45.8 Å². The minimum Gasteiger partial charge on any atom is -0.0999 e. The Morgan fingerprint density at radius 1 is 1.36 bits per heavy atom. The van der Waals surface area contributed by atoms with E-state index in [0.29, 0.717) is 0 Å². The molecular formula is C11H22. The topological polar surface area (TPSA) is 0 Å². The van der Waals surface area contributed by atoms with Crippen molar-refractivity contribution in [2.75, 3.05) is 0 Å². The van der Waals surface area contributed by atoms with Gasteiger partial charge in [0.05, 0.1) is 0 Å². The van der Waals surface area contributed by atoms with Crippen LogP contribution in [0.25, 0.3) is 0 Å². The fraction of sp³-hybridized carbons (Fsp3) is 0.818. The van der Waals surface area contributed by atoms with Crippen molar-refractivity contribution in [1.82, 2.24) is 0 Å². The normalized spacial score (nSPS) is 13.0. The lowest BCUT2D eigenvalue weighted by atomic mass is 9.97. The monoisotopic (exact) mass is 154 g/mol. The van der Waals surface area contributed by atoms with Crippen molar-refractivity contribution in [3.05, 3.63) is 12.2 Å². The van der Waals surface area contributed by atoms with Gasteiger partial charge in [-0.3, -0.25) is 0 Å². The first kappa shape index (κ1) is 10.7. The average molecular weight is 154 g/mol. The van der Waals surface area contributed by atoms with Crippen LogP contribution in [0.1, 0.15) is 52.9 Å². The van der Waals surface area contributed by atoms with Gasteiger partial charge in [-0.2, -0.15) is 0 Å². The number of hydrogen-bond donors (Lipinski definition) is 0. The molecular weight excluding hydrogens is 132 g/mol. The Morgan fingerprint density at radius 2 is 2.00 bits per heavy atom. The van der Waals surface area contributed by atoms with Crippen molar-refractivity contribution < 1.29 is 0 Å². The summed E-state index contributed by atoms with van der Waals surface area (Å²) in [4.78, 5) is 0. The highest BCUT2D eigenvalue weighted by Gasteiger charge is 2.00. The molecule has 0 heteroatoms. The molecule has 0 saturated carbocycles. The first-order valence-electron chi connectivity index (χ1n) is 4.87. The van der Waals surface area contributed by atoms with Crippen molar-refractivity contribution in [2.24, 2.45) is 5.92 Å². The summed E-state index contributed by atoms with van der Waals surface area (Å²) < 4.78 is 0. The zero-order chi connectivity index (χ0) is 8.69. The van der Waals surface area contributed by atoms with Crippen molar-refractivity contribution in [3.63, 3.8) is 0 Å². The minimum atomic E-state index is 0.833. The van der Waals surface area contributed by atoms with Crippen LogP contribution in [0, 0.1) is 5.92 Å². The summed E-state index contributed by atoms with van der Waals surface area (Å²) in [6.45, 7) is 10.9. The molecule has 0 radical (unpaired) electrons. The van der Waals surface area contributed by atoms with Gasteiger partial charge in [0.15, 0.2) is 0 Å². The molecule has 0 aromatic carbocycles. The maximum atomic E-state index is 4.08. The van der Waals surface area contributed by atoms with E-state index < -0.39 is 0 Å². The Hall–Kier alpha value is -0.260. The van der Waals surface area contributed by atoms with Gasteiger partial charge in [0.2, 0.25) is 0 Å². The Kier molecular flexibility index (Phi) is 6.30. The van der Waals surface area contributed by atoms with E-state index in [0.717, 1.165) is 5.92 Å². The van der Waals surface area contributed by atoms with Crippen molar-refractivity contribution in [2.45, 2.75) is 52.9 Å². The zero-order valence-corrected chi connectivity index (χ0v) is 8.32. The molecule has 0 heterocycles. The summed E-state index contributed by atoms with van der Waals surface area (Å²) in [6, 6.07) is 0. The maximum absolute atomic E-state index is 4.08. The lowest BCUT2D eigenvalue weighted by molar-refractivity contribution is 0.544. The Balaban J connectivity index is 3.36. The van der Waals surface area contributed by atoms with Gasteiger partial charge >= 0.3 is 0 Å². The Morgan fingerprint density at radius 3 is 2.45 bits per heavy atom. The quantitative estimate of drug-likeness (QED) is 0.504. The lowest BCUT2D eigenvalue weighted by Crippen LogP contribution is -1.94. The third-order valence-corrected chi connectivity index (χ3v) is 2.22. The van der Waals surface area contributed by atoms with Gasteiger partial charge < -0.3 is 0 Å². The zero-order valence-electron chi connectivity index (χ0n) is 8.32. The summed E-state index contributed by atoms with van der Waals surface area (Å²) in [6.07, 6.45) is 6.36. The van der Waals surface area contributed by atoms with Gasteiger partial charge in [0, 0.05) is 0 Å². The van der Waals surface area contributed by atoms with Gasteiger partial charge in [-0.25, -0.2) is 0 Å². The van der Waals surface area contributed by atoms with E-state index >= 15 is 0 Å². The first-order chi connectivity index (χ1) is 5.20. The highest BCUT2D eigenvalue weighted by Crippen LogP contribution is 2.17. The van der Waals surface area contributed by atoms with Crippen LogP contribution in [0.2, 0.25) is 0 Å². The molecule has 0 amide bonds. The van der Waals surface area contributed by atoms with Crippen molar-refractivity contribution in [1.29, 1.82) is 0 Å². The molecule has 0 aliphatic rings. The van der Waals surface area contributed by atoms with Gasteiger partial charge in [-0.05, 0) is 25.2 Å². The molecule has 0 fully saturated rings. The average Bonchev–Trinajstić information content (AvgIpc) is 2.00. The van der Waals surface area contributed by atoms with Crippen LogP contribution in [-0.4, -0.2) is 0 Å². The smallest absolute Gasteiger partial charge is 0.0297 e. The van der Waals surface area contributed by atoms with Crippen LogP contribution in [-0.2, 0) is 0 Å². The van der Waals surface area contributed by atoms with Gasteiger partial charge in [-0.15, -0.1) is 0 Å². The van der Waals surface area contributed by atoms with E-state index in [4.69, 9.17) is 0 Å². The minimum absolute atomic E-state index is 0.833. The number of allylic oxidation sites excluding steroid dienone is 1. The number of unbranched alkanes of at least 4 members (excludes halogenated alkanes) is 1. The van der Waals surface area contributed by atoms with Crippen LogP contribution < -0.4 is 0 Å².